The van der Waals surface area contributed by atoms with Gasteiger partial charge >= 0.3 is 0 Å². The van der Waals surface area contributed by atoms with Crippen molar-refractivity contribution in [3.8, 4) is 0 Å². The molecule has 0 saturated carbocycles. The number of hydrogen-bond acceptors (Lipinski definition) is 4. The van der Waals surface area contributed by atoms with E-state index in [2.05, 4.69) is 5.32 Å². The maximum atomic E-state index is 12.4. The van der Waals surface area contributed by atoms with Gasteiger partial charge in [-0.05, 0) is 30.2 Å². The van der Waals surface area contributed by atoms with Gasteiger partial charge in [0.05, 0.1) is 0 Å². The first-order valence-electron chi connectivity index (χ1n) is 8.92. The normalized spacial score (nSPS) is 22.0. The van der Waals surface area contributed by atoms with Crippen molar-refractivity contribution in [3.63, 3.8) is 0 Å². The maximum Gasteiger partial charge on any atom is 0.288 e. The molecule has 8 heteroatoms. The third kappa shape index (κ3) is 4.87. The van der Waals surface area contributed by atoms with Crippen LogP contribution in [0.4, 0.5) is 8.78 Å². The Morgan fingerprint density at radius 2 is 2.04 bits per heavy atom. The highest BCUT2D eigenvalue weighted by molar-refractivity contribution is 7.99. The topological polar surface area (TPSA) is 58.6 Å². The number of benzene rings is 1. The summed E-state index contributed by atoms with van der Waals surface area (Å²) in [6.45, 7) is 2.92. The first kappa shape index (κ1) is 19.8. The maximum absolute atomic E-state index is 12.4. The highest BCUT2D eigenvalue weighted by atomic mass is 32.2. The molecule has 1 aromatic rings. The average molecular weight is 396 g/mol. The van der Waals surface area contributed by atoms with Crippen molar-refractivity contribution in [2.75, 3.05) is 13.1 Å². The molecule has 146 valence electrons. The Bertz CT molecular complexity index is 716. The van der Waals surface area contributed by atoms with Crippen molar-refractivity contribution in [2.24, 2.45) is 0 Å². The molecule has 0 aromatic heterocycles. The smallest absolute Gasteiger partial charge is 0.288 e. The van der Waals surface area contributed by atoms with Crippen molar-refractivity contribution in [1.82, 2.24) is 10.2 Å². The molecule has 3 rings (SSSR count). The summed E-state index contributed by atoms with van der Waals surface area (Å²) in [7, 11) is 0. The highest BCUT2D eigenvalue weighted by Crippen LogP contribution is 2.31. The van der Waals surface area contributed by atoms with E-state index in [9.17, 15) is 18.4 Å². The molecule has 27 heavy (non-hydrogen) atoms. The minimum atomic E-state index is -2.45. The monoisotopic (exact) mass is 396 g/mol. The summed E-state index contributed by atoms with van der Waals surface area (Å²) in [6, 6.07) is 6.62. The Labute approximate surface area is 161 Å². The molecular weight excluding hydrogens is 374 g/mol. The molecule has 2 fully saturated rings. The number of hydrogen-bond donors (Lipinski definition) is 1. The quantitative estimate of drug-likeness (QED) is 0.613. The molecule has 1 aromatic carbocycles. The van der Waals surface area contributed by atoms with Gasteiger partial charge in [-0.2, -0.15) is 8.78 Å². The summed E-state index contributed by atoms with van der Waals surface area (Å²) in [5.74, 6) is -2.64. The molecule has 0 bridgehead atoms. The second kappa shape index (κ2) is 8.39. The molecule has 2 amide bonds. The zero-order valence-corrected chi connectivity index (χ0v) is 15.8. The van der Waals surface area contributed by atoms with Gasteiger partial charge in [-0.25, -0.2) is 0 Å². The third-order valence-corrected chi connectivity index (χ3v) is 5.51. The Hall–Kier alpha value is -1.93. The van der Waals surface area contributed by atoms with E-state index in [1.54, 1.807) is 35.2 Å². The van der Waals surface area contributed by atoms with Crippen LogP contribution in [0.2, 0.25) is 0 Å². The van der Waals surface area contributed by atoms with Crippen LogP contribution in [0.1, 0.15) is 31.7 Å². The second-order valence-electron chi connectivity index (χ2n) is 6.60. The number of nitrogens with one attached hydrogen (secondary N) is 1. The lowest BCUT2D eigenvalue weighted by Crippen LogP contribution is -2.52. The van der Waals surface area contributed by atoms with Crippen LogP contribution in [0.25, 0.3) is 6.08 Å². The predicted molar refractivity (Wildman–Crippen MR) is 99.2 cm³/mol. The van der Waals surface area contributed by atoms with Crippen LogP contribution in [-0.2, 0) is 14.3 Å². The highest BCUT2D eigenvalue weighted by Gasteiger charge is 2.46. The van der Waals surface area contributed by atoms with Gasteiger partial charge in [-0.15, -0.1) is 0 Å². The first-order chi connectivity index (χ1) is 12.9. The lowest BCUT2D eigenvalue weighted by Gasteiger charge is -2.38. The SMILES string of the molecule is CCC1OC2(CCN(C(=O)/C=C/c3ccc(SC(F)F)cc3)CC2)NC1=O. The number of thioether (sulfide) groups is 1. The fourth-order valence-corrected chi connectivity index (χ4v) is 3.79. The number of halogens is 2. The lowest BCUT2D eigenvalue weighted by atomic mass is 10.0. The zero-order chi connectivity index (χ0) is 19.4. The first-order valence-corrected chi connectivity index (χ1v) is 9.80. The van der Waals surface area contributed by atoms with Gasteiger partial charge in [-0.1, -0.05) is 30.8 Å². The van der Waals surface area contributed by atoms with E-state index < -0.39 is 17.6 Å². The van der Waals surface area contributed by atoms with E-state index in [1.165, 1.54) is 6.08 Å². The molecule has 0 aliphatic carbocycles. The summed E-state index contributed by atoms with van der Waals surface area (Å²) in [5.41, 5.74) is 0.129. The van der Waals surface area contributed by atoms with Crippen LogP contribution < -0.4 is 5.32 Å². The van der Waals surface area contributed by atoms with Crippen LogP contribution in [0, 0.1) is 0 Å². The number of amides is 2. The van der Waals surface area contributed by atoms with Crippen LogP contribution in [-0.4, -0.2) is 47.4 Å². The molecule has 0 radical (unpaired) electrons. The number of rotatable bonds is 5. The largest absolute Gasteiger partial charge is 0.343 e. The molecule has 2 saturated heterocycles. The number of nitrogens with zero attached hydrogens (tertiary/aromatic N) is 1. The number of carbonyl (C=O) groups excluding carboxylic acids is 2. The van der Waals surface area contributed by atoms with Crippen LogP contribution in [0.15, 0.2) is 35.2 Å². The van der Waals surface area contributed by atoms with E-state index in [1.807, 2.05) is 6.92 Å². The number of carbonyl (C=O) groups is 2. The fourth-order valence-electron chi connectivity index (χ4n) is 3.29. The number of piperidine rings is 1. The standard InChI is InChI=1S/C19H22F2N2O3S/c1-2-15-17(25)22-19(26-15)9-11-23(12-10-19)16(24)8-5-13-3-6-14(7-4-13)27-18(20)21/h3-8,15,18H,2,9-12H2,1H3,(H,22,25)/b8-5+. The van der Waals surface area contributed by atoms with E-state index in [4.69, 9.17) is 4.74 Å². The van der Waals surface area contributed by atoms with Crippen molar-refractivity contribution >= 4 is 29.7 Å². The minimum absolute atomic E-state index is 0.0781. The Morgan fingerprint density at radius 3 is 2.59 bits per heavy atom. The van der Waals surface area contributed by atoms with E-state index in [0.29, 0.717) is 49.0 Å². The van der Waals surface area contributed by atoms with Crippen molar-refractivity contribution in [3.05, 3.63) is 35.9 Å². The molecule has 2 heterocycles. The van der Waals surface area contributed by atoms with E-state index in [-0.39, 0.29) is 11.8 Å². The molecule has 1 spiro atoms. The zero-order valence-electron chi connectivity index (χ0n) is 15.0. The van der Waals surface area contributed by atoms with Gasteiger partial charge in [0.15, 0.2) is 0 Å². The number of alkyl halides is 2. The average Bonchev–Trinajstić information content (AvgIpc) is 2.96. The van der Waals surface area contributed by atoms with Crippen LogP contribution in [0.5, 0.6) is 0 Å². The molecule has 2 aliphatic rings. The van der Waals surface area contributed by atoms with Crippen molar-refractivity contribution in [2.45, 2.75) is 48.7 Å². The van der Waals surface area contributed by atoms with Crippen LogP contribution >= 0.6 is 11.8 Å². The lowest BCUT2D eigenvalue weighted by molar-refractivity contribution is -0.134. The molecule has 1 N–H and O–H groups in total. The molecule has 1 unspecified atom stereocenters. The summed E-state index contributed by atoms with van der Waals surface area (Å²) < 4.78 is 30.5. The Morgan fingerprint density at radius 1 is 1.37 bits per heavy atom. The van der Waals surface area contributed by atoms with Crippen molar-refractivity contribution in [1.29, 1.82) is 0 Å². The predicted octanol–water partition coefficient (Wildman–Crippen LogP) is 3.26. The summed E-state index contributed by atoms with van der Waals surface area (Å²) in [4.78, 5) is 26.5. The number of ether oxygens (including phenoxy) is 1. The fraction of sp³-hybridized carbons (Fsp3) is 0.474. The van der Waals surface area contributed by atoms with Gasteiger partial charge in [0.1, 0.15) is 11.8 Å². The molecule has 5 nitrogen and oxygen atoms in total. The van der Waals surface area contributed by atoms with E-state index in [0.717, 1.165) is 5.56 Å². The number of likely N-dealkylation sites (tertiary alicyclic amines) is 1. The van der Waals surface area contributed by atoms with Gasteiger partial charge in [0.2, 0.25) is 5.91 Å². The van der Waals surface area contributed by atoms with E-state index >= 15 is 0 Å². The van der Waals surface area contributed by atoms with Gasteiger partial charge in [-0.3, -0.25) is 9.59 Å². The van der Waals surface area contributed by atoms with Crippen molar-refractivity contribution < 1.29 is 23.1 Å². The summed E-state index contributed by atoms with van der Waals surface area (Å²) in [5, 5.41) is 2.93. The Balaban J connectivity index is 1.52. The third-order valence-electron chi connectivity index (χ3n) is 4.79. The van der Waals surface area contributed by atoms with Gasteiger partial charge in [0.25, 0.3) is 11.7 Å². The molecule has 1 atom stereocenters. The van der Waals surface area contributed by atoms with Crippen LogP contribution in [0.3, 0.4) is 0 Å². The van der Waals surface area contributed by atoms with Gasteiger partial charge in [0, 0.05) is 36.9 Å². The van der Waals surface area contributed by atoms with Gasteiger partial charge < -0.3 is 15.0 Å². The molecular formula is C19H22F2N2O3S. The molecule has 2 aliphatic heterocycles. The summed E-state index contributed by atoms with van der Waals surface area (Å²) >= 11 is 0.491. The second-order valence-corrected chi connectivity index (χ2v) is 7.67. The summed E-state index contributed by atoms with van der Waals surface area (Å²) in [6.07, 6.45) is 4.51. The Kier molecular flexibility index (Phi) is 6.16. The minimum Gasteiger partial charge on any atom is -0.343 e.